The molecule has 0 saturated heterocycles. The van der Waals surface area contributed by atoms with Crippen LogP contribution in [0, 0.1) is 18.5 Å². The first-order chi connectivity index (χ1) is 33.8. The number of imidazole rings is 1. The van der Waals surface area contributed by atoms with Crippen LogP contribution in [0.1, 0.15) is 26.3 Å². The van der Waals surface area contributed by atoms with Crippen LogP contribution in [0.4, 0.5) is 0 Å². The Kier molecular flexibility index (Phi) is 10.6. The number of nitrogens with zero attached hydrogens (tertiary/aromatic N) is 4. The van der Waals surface area contributed by atoms with Crippen molar-refractivity contribution in [1.29, 1.82) is 0 Å². The van der Waals surface area contributed by atoms with Crippen LogP contribution in [0.2, 0.25) is 0 Å². The minimum atomic E-state index is -0.0519. The van der Waals surface area contributed by atoms with Gasteiger partial charge in [0.25, 0.3) is 6.33 Å². The topological polar surface area (TPSA) is 35.9 Å². The molecule has 6 heteroatoms. The molecule has 3 aromatic heterocycles. The quantitative estimate of drug-likeness (QED) is 0.123. The van der Waals surface area contributed by atoms with Crippen molar-refractivity contribution < 1.29 is 30.4 Å². The average Bonchev–Trinajstić information content (AvgIpc) is 3.94. The van der Waals surface area contributed by atoms with Gasteiger partial charge in [0.1, 0.15) is 5.82 Å². The summed E-state index contributed by atoms with van der Waals surface area (Å²) in [6.07, 6.45) is 5.64. The van der Waals surface area contributed by atoms with Crippen molar-refractivity contribution in [2.75, 3.05) is 0 Å². The third-order valence-electron chi connectivity index (χ3n) is 13.6. The monoisotopic (exact) mass is 1080 g/mol. The van der Waals surface area contributed by atoms with E-state index in [9.17, 15) is 0 Å². The molecule has 1 aliphatic carbocycles. The Morgan fingerprint density at radius 1 is 0.486 bits per heavy atom. The van der Waals surface area contributed by atoms with Crippen molar-refractivity contribution in [2.45, 2.75) is 26.2 Å². The van der Waals surface area contributed by atoms with E-state index in [1.807, 2.05) is 30.5 Å². The number of para-hydroxylation sites is 2. The summed E-state index contributed by atoms with van der Waals surface area (Å²) in [5.41, 5.74) is 18.9. The minimum Gasteiger partial charge on any atom is -0.510 e. The van der Waals surface area contributed by atoms with Gasteiger partial charge in [0.15, 0.2) is 0 Å². The Morgan fingerprint density at radius 3 is 1.81 bits per heavy atom. The van der Waals surface area contributed by atoms with E-state index in [0.717, 1.165) is 55.6 Å². The number of aromatic nitrogens is 4. The molecule has 70 heavy (non-hydrogen) atoms. The van der Waals surface area contributed by atoms with Crippen LogP contribution in [0.3, 0.4) is 0 Å². The molecule has 1 aliphatic rings. The summed E-state index contributed by atoms with van der Waals surface area (Å²) in [4.78, 5) is 4.93. The van der Waals surface area contributed by atoms with E-state index in [1.54, 1.807) is 0 Å². The van der Waals surface area contributed by atoms with Gasteiger partial charge in [0.05, 0.1) is 16.7 Å². The fourth-order valence-corrected chi connectivity index (χ4v) is 10.2. The molecule has 338 valence electrons. The molecule has 0 fully saturated rings. The number of rotatable bonds is 6. The molecule has 0 N–H and O–H groups in total. The second kappa shape index (κ2) is 17.1. The maximum Gasteiger partial charge on any atom is 0.268 e. The van der Waals surface area contributed by atoms with Gasteiger partial charge in [-0.25, -0.2) is 4.98 Å². The van der Waals surface area contributed by atoms with Crippen LogP contribution in [-0.2, 0) is 26.5 Å². The summed E-state index contributed by atoms with van der Waals surface area (Å²) in [6, 6.07) is 80.4. The number of hydrogen-bond acceptors (Lipinski definition) is 2. The van der Waals surface area contributed by atoms with Crippen LogP contribution in [0.5, 0.6) is 11.5 Å². The van der Waals surface area contributed by atoms with Gasteiger partial charge in [-0.2, -0.15) is 18.2 Å². The van der Waals surface area contributed by atoms with Gasteiger partial charge in [0, 0.05) is 44.3 Å². The van der Waals surface area contributed by atoms with Crippen molar-refractivity contribution in [3.8, 4) is 84.3 Å². The Morgan fingerprint density at radius 2 is 1.11 bits per heavy atom. The van der Waals surface area contributed by atoms with Crippen LogP contribution in [-0.4, -0.2) is 14.1 Å². The Hall–Kier alpha value is -8.11. The third kappa shape index (κ3) is 7.28. The number of fused-ring (bicyclic) bond motifs is 12. The molecule has 0 bridgehead atoms. The molecule has 12 aromatic rings. The fraction of sp³-hybridized carbons (Fsp3) is 0.0625. The molecule has 0 radical (unpaired) electrons. The first kappa shape index (κ1) is 43.2. The number of ether oxygens (including phenoxy) is 1. The van der Waals surface area contributed by atoms with Gasteiger partial charge < -0.3 is 13.9 Å². The molecule has 5 nitrogen and oxygen atoms in total. The molecule has 13 rings (SSSR count). The Balaban J connectivity index is 0.00000505. The van der Waals surface area contributed by atoms with Crippen LogP contribution in [0.15, 0.2) is 212 Å². The van der Waals surface area contributed by atoms with E-state index >= 15 is 0 Å². The molecule has 0 spiro atoms. The summed E-state index contributed by atoms with van der Waals surface area (Å²) in [5, 5.41) is 2.19. The Labute approximate surface area is 421 Å². The van der Waals surface area contributed by atoms with Crippen LogP contribution in [0.25, 0.3) is 106 Å². The number of benzene rings is 9. The van der Waals surface area contributed by atoms with Gasteiger partial charge in [-0.3, -0.25) is 4.57 Å². The molecular formula is C64H44N4OPt-2. The van der Waals surface area contributed by atoms with E-state index in [4.69, 9.17) is 9.72 Å². The predicted octanol–water partition coefficient (Wildman–Crippen LogP) is 15.5. The maximum absolute atomic E-state index is 6.70. The molecular weight excluding hydrogens is 1040 g/mol. The first-order valence-electron chi connectivity index (χ1n) is 23.5. The molecule has 0 amide bonds. The largest absolute Gasteiger partial charge is 0.510 e. The second-order valence-electron chi connectivity index (χ2n) is 18.8. The Bertz CT molecular complexity index is 3980. The maximum atomic E-state index is 6.70. The smallest absolute Gasteiger partial charge is 0.268 e. The van der Waals surface area contributed by atoms with Crippen molar-refractivity contribution in [3.63, 3.8) is 0 Å². The summed E-state index contributed by atoms with van der Waals surface area (Å²) in [6.45, 7) is 6.69. The van der Waals surface area contributed by atoms with Crippen molar-refractivity contribution in [1.82, 2.24) is 14.1 Å². The summed E-state index contributed by atoms with van der Waals surface area (Å²) < 4.78 is 13.1. The van der Waals surface area contributed by atoms with Gasteiger partial charge in [-0.05, 0) is 108 Å². The van der Waals surface area contributed by atoms with E-state index < -0.39 is 0 Å². The van der Waals surface area contributed by atoms with E-state index in [0.29, 0.717) is 11.5 Å². The van der Waals surface area contributed by atoms with Gasteiger partial charge >= 0.3 is 0 Å². The van der Waals surface area contributed by atoms with Crippen LogP contribution < -0.4 is 9.30 Å². The molecule has 0 unspecified atom stereocenters. The van der Waals surface area contributed by atoms with E-state index in [2.05, 4.69) is 235 Å². The molecule has 9 aromatic carbocycles. The second-order valence-corrected chi connectivity index (χ2v) is 18.8. The zero-order valence-electron chi connectivity index (χ0n) is 38.7. The normalized spacial score (nSPS) is 11.8. The zero-order valence-corrected chi connectivity index (χ0v) is 41.0. The SMILES string of the molecule is CC(C)(C)c1ccnc(-n2c3[c-]c(Oc4[c-]c(-n5[c-][n+](-c6ccc7c(c6)-c6ccccc6-c6ccccc6-c6ccccc6-7)c6ccccc65)ccc4)ccc3c3cc(-c4ccccc4)ccc32)c1.[Pt]. The van der Waals surface area contributed by atoms with Gasteiger partial charge in [-0.15, -0.1) is 29.7 Å². The van der Waals surface area contributed by atoms with Gasteiger partial charge in [0.2, 0.25) is 0 Å². The molecule has 0 atom stereocenters. The number of pyridine rings is 1. The van der Waals surface area contributed by atoms with Crippen molar-refractivity contribution in [2.24, 2.45) is 0 Å². The minimum absolute atomic E-state index is 0. The van der Waals surface area contributed by atoms with Gasteiger partial charge in [-0.1, -0.05) is 172 Å². The standard InChI is InChI=1S/C64H44N4O.Pt/c1-64(2,3)44-34-35-65-63(37-44)68-59-33-28-43(42-16-5-4-6-17-42)36-58(59)56-32-30-48(40-62(56)68)69-47-19-15-18-45(38-47)66-41-67(61-27-14-13-26-60(61)66)46-29-31-55-53-24-10-9-22-51(53)49-20-7-8-21-50(49)52-23-11-12-25-54(52)57(55)39-46;/h4-37,39H,1-3H3;/q-2;. The first-order valence-corrected chi connectivity index (χ1v) is 23.5. The molecule has 0 saturated carbocycles. The predicted molar refractivity (Wildman–Crippen MR) is 279 cm³/mol. The van der Waals surface area contributed by atoms with E-state index in [-0.39, 0.29) is 26.5 Å². The number of hydrogen-bond donors (Lipinski definition) is 0. The van der Waals surface area contributed by atoms with Crippen molar-refractivity contribution >= 4 is 32.8 Å². The van der Waals surface area contributed by atoms with Crippen LogP contribution >= 0.6 is 0 Å². The summed E-state index contributed by atoms with van der Waals surface area (Å²) in [7, 11) is 0. The zero-order chi connectivity index (χ0) is 46.2. The molecule has 3 heterocycles. The molecule has 0 aliphatic heterocycles. The van der Waals surface area contributed by atoms with Crippen molar-refractivity contribution in [3.05, 3.63) is 236 Å². The van der Waals surface area contributed by atoms with E-state index in [1.165, 1.54) is 55.6 Å². The fourth-order valence-electron chi connectivity index (χ4n) is 10.2. The summed E-state index contributed by atoms with van der Waals surface area (Å²) in [5.74, 6) is 1.99. The summed E-state index contributed by atoms with van der Waals surface area (Å²) >= 11 is 0. The third-order valence-corrected chi connectivity index (χ3v) is 13.6. The average molecular weight is 1080 g/mol.